The van der Waals surface area contributed by atoms with Gasteiger partial charge in [0, 0.05) is 13.2 Å². The highest BCUT2D eigenvalue weighted by atomic mass is 16.6. The molecular weight excluding hydrogens is 222 g/mol. The SMILES string of the molecule is COCCOCCOCCOCC(N)C(C)C. The van der Waals surface area contributed by atoms with E-state index < -0.39 is 0 Å². The van der Waals surface area contributed by atoms with Crippen LogP contribution in [0.5, 0.6) is 0 Å². The van der Waals surface area contributed by atoms with Gasteiger partial charge in [-0.1, -0.05) is 13.8 Å². The topological polar surface area (TPSA) is 62.9 Å². The van der Waals surface area contributed by atoms with Crippen molar-refractivity contribution in [2.45, 2.75) is 19.9 Å². The maximum Gasteiger partial charge on any atom is 0.0701 e. The summed E-state index contributed by atoms with van der Waals surface area (Å²) in [5, 5.41) is 0. The molecule has 104 valence electrons. The van der Waals surface area contributed by atoms with Crippen LogP contribution in [0.25, 0.3) is 0 Å². The van der Waals surface area contributed by atoms with E-state index in [9.17, 15) is 0 Å². The zero-order valence-corrected chi connectivity index (χ0v) is 11.3. The maximum atomic E-state index is 5.83. The molecule has 1 unspecified atom stereocenters. The van der Waals surface area contributed by atoms with Crippen molar-refractivity contribution < 1.29 is 18.9 Å². The van der Waals surface area contributed by atoms with Crippen LogP contribution >= 0.6 is 0 Å². The first-order valence-electron chi connectivity index (χ1n) is 6.16. The van der Waals surface area contributed by atoms with Gasteiger partial charge in [0.15, 0.2) is 0 Å². The molecule has 5 nitrogen and oxygen atoms in total. The summed E-state index contributed by atoms with van der Waals surface area (Å²) in [5.74, 6) is 0.449. The van der Waals surface area contributed by atoms with E-state index in [2.05, 4.69) is 13.8 Å². The summed E-state index contributed by atoms with van der Waals surface area (Å²) in [7, 11) is 1.65. The van der Waals surface area contributed by atoms with Gasteiger partial charge >= 0.3 is 0 Å². The fourth-order valence-electron chi connectivity index (χ4n) is 0.994. The van der Waals surface area contributed by atoms with E-state index >= 15 is 0 Å². The Labute approximate surface area is 105 Å². The van der Waals surface area contributed by atoms with Gasteiger partial charge in [-0.15, -0.1) is 0 Å². The second-order valence-electron chi connectivity index (χ2n) is 4.20. The first-order valence-corrected chi connectivity index (χ1v) is 6.16. The van der Waals surface area contributed by atoms with Gasteiger partial charge in [0.2, 0.25) is 0 Å². The van der Waals surface area contributed by atoms with Crippen LogP contribution in [0, 0.1) is 5.92 Å². The first-order chi connectivity index (χ1) is 8.18. The van der Waals surface area contributed by atoms with Crippen molar-refractivity contribution in [1.82, 2.24) is 0 Å². The minimum absolute atomic E-state index is 0.104. The Morgan fingerprint density at radius 1 is 0.824 bits per heavy atom. The van der Waals surface area contributed by atoms with E-state index in [0.717, 1.165) is 0 Å². The summed E-state index contributed by atoms with van der Waals surface area (Å²) in [6.07, 6.45) is 0. The van der Waals surface area contributed by atoms with Crippen molar-refractivity contribution in [3.8, 4) is 0 Å². The molecule has 0 saturated heterocycles. The molecule has 0 rings (SSSR count). The molecule has 0 fully saturated rings. The highest BCUT2D eigenvalue weighted by Crippen LogP contribution is 1.98. The quantitative estimate of drug-likeness (QED) is 0.515. The number of rotatable bonds is 12. The molecule has 0 aliphatic heterocycles. The van der Waals surface area contributed by atoms with E-state index in [1.807, 2.05) is 0 Å². The third-order valence-corrected chi connectivity index (χ3v) is 2.34. The highest BCUT2D eigenvalue weighted by Gasteiger charge is 2.06. The fraction of sp³-hybridized carbons (Fsp3) is 1.00. The van der Waals surface area contributed by atoms with Crippen molar-refractivity contribution in [3.05, 3.63) is 0 Å². The predicted molar refractivity (Wildman–Crippen MR) is 67.1 cm³/mol. The molecular formula is C12H27NO4. The van der Waals surface area contributed by atoms with Gasteiger partial charge in [0.25, 0.3) is 0 Å². The molecule has 5 heteroatoms. The van der Waals surface area contributed by atoms with Crippen LogP contribution in [-0.2, 0) is 18.9 Å². The van der Waals surface area contributed by atoms with Gasteiger partial charge in [-0.25, -0.2) is 0 Å². The maximum absolute atomic E-state index is 5.83. The Bertz CT molecular complexity index is 155. The third kappa shape index (κ3) is 12.1. The van der Waals surface area contributed by atoms with Gasteiger partial charge in [0.05, 0.1) is 46.2 Å². The molecule has 0 aromatic heterocycles. The lowest BCUT2D eigenvalue weighted by atomic mass is 10.1. The summed E-state index contributed by atoms with van der Waals surface area (Å²) in [5.41, 5.74) is 5.83. The van der Waals surface area contributed by atoms with E-state index in [-0.39, 0.29) is 6.04 Å². The molecule has 1 atom stereocenters. The molecule has 2 N–H and O–H groups in total. The first kappa shape index (κ1) is 16.8. The van der Waals surface area contributed by atoms with Gasteiger partial charge in [-0.2, -0.15) is 0 Å². The zero-order valence-electron chi connectivity index (χ0n) is 11.3. The monoisotopic (exact) mass is 249 g/mol. The molecule has 0 spiro atoms. The molecule has 17 heavy (non-hydrogen) atoms. The molecule has 0 aromatic rings. The minimum atomic E-state index is 0.104. The van der Waals surface area contributed by atoms with Crippen LogP contribution in [0.15, 0.2) is 0 Å². The summed E-state index contributed by atoms with van der Waals surface area (Å²) in [4.78, 5) is 0. The predicted octanol–water partition coefficient (Wildman–Crippen LogP) is 0.666. The lowest BCUT2D eigenvalue weighted by molar-refractivity contribution is 0.000684. The summed E-state index contributed by atoms with van der Waals surface area (Å²) in [6.45, 7) is 8.33. The Hall–Kier alpha value is -0.200. The molecule has 0 aliphatic rings. The van der Waals surface area contributed by atoms with Gasteiger partial charge in [-0.05, 0) is 5.92 Å². The molecule has 0 amide bonds. The summed E-state index contributed by atoms with van der Waals surface area (Å²) >= 11 is 0. The molecule has 0 aliphatic carbocycles. The van der Waals surface area contributed by atoms with Crippen molar-refractivity contribution in [2.75, 3.05) is 53.4 Å². The molecule has 0 heterocycles. The minimum Gasteiger partial charge on any atom is -0.382 e. The summed E-state index contributed by atoms with van der Waals surface area (Å²) in [6, 6.07) is 0.104. The Morgan fingerprint density at radius 3 is 1.76 bits per heavy atom. The van der Waals surface area contributed by atoms with E-state index in [1.165, 1.54) is 0 Å². The number of hydrogen-bond donors (Lipinski definition) is 1. The van der Waals surface area contributed by atoms with E-state index in [4.69, 9.17) is 24.7 Å². The van der Waals surface area contributed by atoms with Crippen LogP contribution in [-0.4, -0.2) is 59.4 Å². The number of methoxy groups -OCH3 is 1. The molecule has 0 radical (unpaired) electrons. The van der Waals surface area contributed by atoms with Crippen molar-refractivity contribution in [2.24, 2.45) is 11.7 Å². The second kappa shape index (κ2) is 12.3. The smallest absolute Gasteiger partial charge is 0.0701 e. The van der Waals surface area contributed by atoms with Crippen molar-refractivity contribution in [1.29, 1.82) is 0 Å². The van der Waals surface area contributed by atoms with Crippen LogP contribution in [0.4, 0.5) is 0 Å². The number of nitrogens with two attached hydrogens (primary N) is 1. The van der Waals surface area contributed by atoms with Gasteiger partial charge in [0.1, 0.15) is 0 Å². The Kier molecular flexibility index (Phi) is 12.1. The fourth-order valence-corrected chi connectivity index (χ4v) is 0.994. The molecule has 0 bridgehead atoms. The van der Waals surface area contributed by atoms with Gasteiger partial charge in [-0.3, -0.25) is 0 Å². The molecule has 0 aromatic carbocycles. The van der Waals surface area contributed by atoms with E-state index in [1.54, 1.807) is 7.11 Å². The highest BCUT2D eigenvalue weighted by molar-refractivity contribution is 4.63. The van der Waals surface area contributed by atoms with Crippen LogP contribution < -0.4 is 5.73 Å². The van der Waals surface area contributed by atoms with Gasteiger partial charge < -0.3 is 24.7 Å². The van der Waals surface area contributed by atoms with Crippen molar-refractivity contribution in [3.63, 3.8) is 0 Å². The average Bonchev–Trinajstić information content (AvgIpc) is 2.31. The standard InChI is InChI=1S/C12H27NO4/c1-11(2)12(13)10-17-9-8-16-7-6-15-5-4-14-3/h11-12H,4-10,13H2,1-3H3. The Morgan fingerprint density at radius 2 is 1.29 bits per heavy atom. The van der Waals surface area contributed by atoms with Crippen molar-refractivity contribution >= 4 is 0 Å². The number of hydrogen-bond acceptors (Lipinski definition) is 5. The number of ether oxygens (including phenoxy) is 4. The third-order valence-electron chi connectivity index (χ3n) is 2.34. The van der Waals surface area contributed by atoms with Crippen LogP contribution in [0.1, 0.15) is 13.8 Å². The Balaban J connectivity index is 3.03. The average molecular weight is 249 g/mol. The van der Waals surface area contributed by atoms with Crippen LogP contribution in [0.2, 0.25) is 0 Å². The van der Waals surface area contributed by atoms with Crippen LogP contribution in [0.3, 0.4) is 0 Å². The lowest BCUT2D eigenvalue weighted by Crippen LogP contribution is -2.32. The normalized spacial score (nSPS) is 13.2. The van der Waals surface area contributed by atoms with E-state index in [0.29, 0.717) is 52.2 Å². The lowest BCUT2D eigenvalue weighted by Gasteiger charge is -2.15. The second-order valence-corrected chi connectivity index (χ2v) is 4.20. The summed E-state index contributed by atoms with van der Waals surface area (Å²) < 4.78 is 20.8. The largest absolute Gasteiger partial charge is 0.382 e. The molecule has 0 saturated carbocycles. The zero-order chi connectivity index (χ0) is 12.9.